The third kappa shape index (κ3) is 2.83. The monoisotopic (exact) mass is 182 g/mol. The molecule has 0 unspecified atom stereocenters. The van der Waals surface area contributed by atoms with Crippen LogP contribution in [0.3, 0.4) is 0 Å². The SMILES string of the molecule is CC(C)(CN)Sc1cccnc1. The molecular weight excluding hydrogens is 168 g/mol. The zero-order chi connectivity index (χ0) is 9.03. The Balaban J connectivity index is 2.64. The van der Waals surface area contributed by atoms with E-state index in [0.29, 0.717) is 6.54 Å². The molecule has 0 aliphatic heterocycles. The number of nitrogens with two attached hydrogens (primary N) is 1. The summed E-state index contributed by atoms with van der Waals surface area (Å²) in [5.74, 6) is 0. The molecule has 0 fully saturated rings. The zero-order valence-corrected chi connectivity index (χ0v) is 8.27. The van der Waals surface area contributed by atoms with E-state index in [1.165, 1.54) is 4.90 Å². The Morgan fingerprint density at radius 2 is 2.33 bits per heavy atom. The fourth-order valence-corrected chi connectivity index (χ4v) is 1.75. The molecular formula is C9H14N2S. The maximum Gasteiger partial charge on any atom is 0.0404 e. The first-order valence-electron chi connectivity index (χ1n) is 3.93. The number of hydrogen-bond acceptors (Lipinski definition) is 3. The van der Waals surface area contributed by atoms with Crippen LogP contribution < -0.4 is 5.73 Å². The molecule has 0 aliphatic rings. The average Bonchev–Trinajstić information content (AvgIpc) is 2.06. The molecule has 1 heterocycles. The molecule has 1 rings (SSSR count). The predicted molar refractivity (Wildman–Crippen MR) is 53.2 cm³/mol. The van der Waals surface area contributed by atoms with Crippen LogP contribution >= 0.6 is 11.8 Å². The summed E-state index contributed by atoms with van der Waals surface area (Å²) < 4.78 is 0.100. The molecule has 3 heteroatoms. The molecule has 0 saturated heterocycles. The average molecular weight is 182 g/mol. The minimum atomic E-state index is 0.100. The number of rotatable bonds is 3. The van der Waals surface area contributed by atoms with Gasteiger partial charge in [0.1, 0.15) is 0 Å². The van der Waals surface area contributed by atoms with Crippen molar-refractivity contribution in [3.63, 3.8) is 0 Å². The van der Waals surface area contributed by atoms with Crippen LogP contribution in [0, 0.1) is 0 Å². The van der Waals surface area contributed by atoms with Crippen molar-refractivity contribution in [1.29, 1.82) is 0 Å². The van der Waals surface area contributed by atoms with Gasteiger partial charge in [-0.1, -0.05) is 0 Å². The topological polar surface area (TPSA) is 38.9 Å². The molecule has 0 amide bonds. The lowest BCUT2D eigenvalue weighted by molar-refractivity contribution is 0.723. The Hall–Kier alpha value is -0.540. The molecule has 0 atom stereocenters. The summed E-state index contributed by atoms with van der Waals surface area (Å²) in [5.41, 5.74) is 5.61. The number of aromatic nitrogens is 1. The summed E-state index contributed by atoms with van der Waals surface area (Å²) in [5, 5.41) is 0. The lowest BCUT2D eigenvalue weighted by atomic mass is 10.2. The zero-order valence-electron chi connectivity index (χ0n) is 7.45. The van der Waals surface area contributed by atoms with Crippen molar-refractivity contribution in [3.8, 4) is 0 Å². The molecule has 2 nitrogen and oxygen atoms in total. The van der Waals surface area contributed by atoms with Crippen LogP contribution in [0.25, 0.3) is 0 Å². The van der Waals surface area contributed by atoms with Gasteiger partial charge in [-0.15, -0.1) is 11.8 Å². The standard InChI is InChI=1S/C9H14N2S/c1-9(2,7-10)12-8-4-3-5-11-6-8/h3-6H,7,10H2,1-2H3. The lowest BCUT2D eigenvalue weighted by Gasteiger charge is -2.20. The number of pyridine rings is 1. The van der Waals surface area contributed by atoms with Gasteiger partial charge >= 0.3 is 0 Å². The maximum absolute atomic E-state index is 5.61. The molecule has 0 bridgehead atoms. The minimum absolute atomic E-state index is 0.100. The van der Waals surface area contributed by atoms with E-state index in [4.69, 9.17) is 5.73 Å². The van der Waals surface area contributed by atoms with Gasteiger partial charge in [0.25, 0.3) is 0 Å². The fourth-order valence-electron chi connectivity index (χ4n) is 0.768. The van der Waals surface area contributed by atoms with E-state index in [0.717, 1.165) is 0 Å². The summed E-state index contributed by atoms with van der Waals surface area (Å²) >= 11 is 1.76. The first-order valence-corrected chi connectivity index (χ1v) is 4.75. The van der Waals surface area contributed by atoms with Crippen molar-refractivity contribution in [2.24, 2.45) is 5.73 Å². The van der Waals surface area contributed by atoms with Gasteiger partial charge in [-0.05, 0) is 26.0 Å². The van der Waals surface area contributed by atoms with Gasteiger partial charge in [-0.25, -0.2) is 0 Å². The normalized spacial score (nSPS) is 11.6. The highest BCUT2D eigenvalue weighted by atomic mass is 32.2. The number of hydrogen-bond donors (Lipinski definition) is 1. The third-order valence-corrected chi connectivity index (χ3v) is 2.72. The molecule has 0 saturated carbocycles. The molecule has 1 aromatic rings. The van der Waals surface area contributed by atoms with Crippen LogP contribution in [0.2, 0.25) is 0 Å². The first kappa shape index (κ1) is 9.55. The number of nitrogens with zero attached hydrogens (tertiary/aromatic N) is 1. The Morgan fingerprint density at radius 3 is 2.83 bits per heavy atom. The van der Waals surface area contributed by atoms with Gasteiger partial charge in [0.15, 0.2) is 0 Å². The second-order valence-electron chi connectivity index (χ2n) is 3.25. The maximum atomic E-state index is 5.61. The molecule has 1 aromatic heterocycles. The Bertz CT molecular complexity index is 234. The van der Waals surface area contributed by atoms with Crippen molar-refractivity contribution in [3.05, 3.63) is 24.5 Å². The summed E-state index contributed by atoms with van der Waals surface area (Å²) in [6.45, 7) is 4.93. The summed E-state index contributed by atoms with van der Waals surface area (Å²) in [6.07, 6.45) is 3.64. The largest absolute Gasteiger partial charge is 0.329 e. The highest BCUT2D eigenvalue weighted by molar-refractivity contribution is 8.00. The highest BCUT2D eigenvalue weighted by Crippen LogP contribution is 2.30. The smallest absolute Gasteiger partial charge is 0.0404 e. The predicted octanol–water partition coefficient (Wildman–Crippen LogP) is 1.91. The van der Waals surface area contributed by atoms with Gasteiger partial charge in [0, 0.05) is 28.6 Å². The fraction of sp³-hybridized carbons (Fsp3) is 0.444. The molecule has 2 N–H and O–H groups in total. The summed E-state index contributed by atoms with van der Waals surface area (Å²) in [4.78, 5) is 5.22. The Kier molecular flexibility index (Phi) is 3.12. The summed E-state index contributed by atoms with van der Waals surface area (Å²) in [6, 6.07) is 3.99. The Labute approximate surface area is 77.6 Å². The van der Waals surface area contributed by atoms with E-state index in [-0.39, 0.29) is 4.75 Å². The van der Waals surface area contributed by atoms with Crippen LogP contribution in [0.1, 0.15) is 13.8 Å². The van der Waals surface area contributed by atoms with Crippen LogP contribution in [0.15, 0.2) is 29.4 Å². The first-order chi connectivity index (χ1) is 5.64. The van der Waals surface area contributed by atoms with Crippen LogP contribution in [-0.4, -0.2) is 16.3 Å². The number of thioether (sulfide) groups is 1. The highest BCUT2D eigenvalue weighted by Gasteiger charge is 2.16. The van der Waals surface area contributed by atoms with Crippen LogP contribution in [0.5, 0.6) is 0 Å². The van der Waals surface area contributed by atoms with Gasteiger partial charge in [0.2, 0.25) is 0 Å². The van der Waals surface area contributed by atoms with Crippen molar-refractivity contribution in [2.45, 2.75) is 23.5 Å². The minimum Gasteiger partial charge on any atom is -0.329 e. The van der Waals surface area contributed by atoms with E-state index in [1.54, 1.807) is 18.0 Å². The lowest BCUT2D eigenvalue weighted by Crippen LogP contribution is -2.26. The van der Waals surface area contributed by atoms with Gasteiger partial charge in [0.05, 0.1) is 0 Å². The van der Waals surface area contributed by atoms with Gasteiger partial charge in [-0.3, -0.25) is 4.98 Å². The van der Waals surface area contributed by atoms with Gasteiger partial charge in [-0.2, -0.15) is 0 Å². The molecule has 0 aliphatic carbocycles. The van der Waals surface area contributed by atoms with E-state index >= 15 is 0 Å². The van der Waals surface area contributed by atoms with Crippen molar-refractivity contribution in [2.75, 3.05) is 6.54 Å². The van der Waals surface area contributed by atoms with Crippen molar-refractivity contribution >= 4 is 11.8 Å². The third-order valence-electron chi connectivity index (χ3n) is 1.52. The van der Waals surface area contributed by atoms with E-state index in [1.807, 2.05) is 12.3 Å². The molecule has 66 valence electrons. The Morgan fingerprint density at radius 1 is 1.58 bits per heavy atom. The van der Waals surface area contributed by atoms with E-state index in [9.17, 15) is 0 Å². The van der Waals surface area contributed by atoms with Crippen molar-refractivity contribution in [1.82, 2.24) is 4.98 Å². The van der Waals surface area contributed by atoms with Crippen LogP contribution in [-0.2, 0) is 0 Å². The van der Waals surface area contributed by atoms with Crippen LogP contribution in [0.4, 0.5) is 0 Å². The van der Waals surface area contributed by atoms with E-state index in [2.05, 4.69) is 24.9 Å². The molecule has 0 aromatic carbocycles. The molecule has 12 heavy (non-hydrogen) atoms. The molecule has 0 radical (unpaired) electrons. The van der Waals surface area contributed by atoms with E-state index < -0.39 is 0 Å². The van der Waals surface area contributed by atoms with Gasteiger partial charge < -0.3 is 5.73 Å². The molecule has 0 spiro atoms. The summed E-state index contributed by atoms with van der Waals surface area (Å²) in [7, 11) is 0. The van der Waals surface area contributed by atoms with Crippen molar-refractivity contribution < 1.29 is 0 Å². The second kappa shape index (κ2) is 3.92. The second-order valence-corrected chi connectivity index (χ2v) is 5.04. The quantitative estimate of drug-likeness (QED) is 0.726.